The van der Waals surface area contributed by atoms with E-state index in [0.717, 1.165) is 17.0 Å². The molecule has 0 fully saturated rings. The second-order valence-electron chi connectivity index (χ2n) is 4.72. The van der Waals surface area contributed by atoms with Crippen LogP contribution in [0.4, 0.5) is 0 Å². The lowest BCUT2D eigenvalue weighted by Crippen LogP contribution is -2.40. The summed E-state index contributed by atoms with van der Waals surface area (Å²) in [6.45, 7) is 5.15. The van der Waals surface area contributed by atoms with Crippen molar-refractivity contribution in [1.29, 1.82) is 0 Å². The minimum atomic E-state index is -0.619. The summed E-state index contributed by atoms with van der Waals surface area (Å²) in [7, 11) is 0. The first-order chi connectivity index (χ1) is 10.1. The molecule has 2 aromatic heterocycles. The Hall–Kier alpha value is -2.15. The molecule has 0 saturated carbocycles. The highest BCUT2D eigenvalue weighted by atomic mass is 32.1. The van der Waals surface area contributed by atoms with Crippen LogP contribution in [-0.2, 0) is 22.7 Å². The first-order valence-electron chi connectivity index (χ1n) is 6.64. The standard InChI is InChI=1S/C14H18N4O2S/c1-10-7-11(2)18(17-10)5-4-15-13(19)14(20)16-8-12-3-6-21-9-12/h3,6-7,9H,4-5,8H2,1-2H3,(H,15,19)(H,16,20). The molecular weight excluding hydrogens is 288 g/mol. The van der Waals surface area contributed by atoms with Crippen molar-refractivity contribution in [3.63, 3.8) is 0 Å². The Bertz CT molecular complexity index is 619. The fourth-order valence-electron chi connectivity index (χ4n) is 1.91. The maximum Gasteiger partial charge on any atom is 0.309 e. The zero-order valence-electron chi connectivity index (χ0n) is 12.0. The molecule has 0 saturated heterocycles. The Labute approximate surface area is 127 Å². The van der Waals surface area contributed by atoms with Gasteiger partial charge in [0.05, 0.1) is 12.2 Å². The summed E-state index contributed by atoms with van der Waals surface area (Å²) in [5.41, 5.74) is 2.96. The number of carbonyl (C=O) groups excluding carboxylic acids is 2. The van der Waals surface area contributed by atoms with E-state index in [9.17, 15) is 9.59 Å². The van der Waals surface area contributed by atoms with E-state index in [1.165, 1.54) is 0 Å². The molecule has 0 aromatic carbocycles. The number of aromatic nitrogens is 2. The molecule has 21 heavy (non-hydrogen) atoms. The van der Waals surface area contributed by atoms with Crippen molar-refractivity contribution in [1.82, 2.24) is 20.4 Å². The minimum Gasteiger partial charge on any atom is -0.346 e. The van der Waals surface area contributed by atoms with Crippen molar-refractivity contribution in [3.05, 3.63) is 39.8 Å². The van der Waals surface area contributed by atoms with Crippen molar-refractivity contribution in [2.75, 3.05) is 6.54 Å². The van der Waals surface area contributed by atoms with E-state index in [-0.39, 0.29) is 0 Å². The van der Waals surface area contributed by atoms with Gasteiger partial charge in [0, 0.05) is 18.8 Å². The molecule has 2 heterocycles. The zero-order chi connectivity index (χ0) is 15.2. The third kappa shape index (κ3) is 4.42. The van der Waals surface area contributed by atoms with Crippen molar-refractivity contribution >= 4 is 23.2 Å². The molecule has 2 rings (SSSR count). The lowest BCUT2D eigenvalue weighted by Gasteiger charge is -2.07. The number of carbonyl (C=O) groups is 2. The maximum atomic E-state index is 11.6. The van der Waals surface area contributed by atoms with Crippen molar-refractivity contribution in [3.8, 4) is 0 Å². The van der Waals surface area contributed by atoms with E-state index < -0.39 is 11.8 Å². The monoisotopic (exact) mass is 306 g/mol. The lowest BCUT2D eigenvalue weighted by atomic mass is 10.3. The summed E-state index contributed by atoms with van der Waals surface area (Å²) < 4.78 is 1.80. The van der Waals surface area contributed by atoms with Gasteiger partial charge in [0.15, 0.2) is 0 Å². The average Bonchev–Trinajstić information content (AvgIpc) is 3.06. The number of amides is 2. The first kappa shape index (κ1) is 15.2. The fraction of sp³-hybridized carbons (Fsp3) is 0.357. The number of nitrogens with zero attached hydrogens (tertiary/aromatic N) is 2. The van der Waals surface area contributed by atoms with Gasteiger partial charge in [-0.25, -0.2) is 0 Å². The van der Waals surface area contributed by atoms with Crippen LogP contribution in [0.2, 0.25) is 0 Å². The van der Waals surface area contributed by atoms with E-state index in [2.05, 4.69) is 15.7 Å². The minimum absolute atomic E-state index is 0.368. The highest BCUT2D eigenvalue weighted by Crippen LogP contribution is 2.04. The third-order valence-electron chi connectivity index (χ3n) is 2.95. The van der Waals surface area contributed by atoms with Crippen LogP contribution in [-0.4, -0.2) is 28.1 Å². The summed E-state index contributed by atoms with van der Waals surface area (Å²) in [4.78, 5) is 23.2. The second kappa shape index (κ2) is 7.03. The topological polar surface area (TPSA) is 76.0 Å². The molecule has 2 amide bonds. The molecule has 0 spiro atoms. The van der Waals surface area contributed by atoms with Gasteiger partial charge in [-0.05, 0) is 42.3 Å². The number of aryl methyl sites for hydroxylation is 2. The van der Waals surface area contributed by atoms with Crippen LogP contribution in [0, 0.1) is 13.8 Å². The summed E-state index contributed by atoms with van der Waals surface area (Å²) >= 11 is 1.55. The van der Waals surface area contributed by atoms with Crippen LogP contribution in [0.5, 0.6) is 0 Å². The van der Waals surface area contributed by atoms with Crippen LogP contribution >= 0.6 is 11.3 Å². The van der Waals surface area contributed by atoms with Crippen LogP contribution in [0.3, 0.4) is 0 Å². The summed E-state index contributed by atoms with van der Waals surface area (Å²) in [6.07, 6.45) is 0. The summed E-state index contributed by atoms with van der Waals surface area (Å²) in [5, 5.41) is 13.3. The van der Waals surface area contributed by atoms with Crippen LogP contribution in [0.1, 0.15) is 17.0 Å². The molecule has 0 aliphatic rings. The van der Waals surface area contributed by atoms with Crippen LogP contribution < -0.4 is 10.6 Å². The number of hydrogen-bond acceptors (Lipinski definition) is 4. The van der Waals surface area contributed by atoms with Crippen LogP contribution in [0.15, 0.2) is 22.9 Å². The SMILES string of the molecule is Cc1cc(C)n(CCNC(=O)C(=O)NCc2ccsc2)n1. The summed E-state index contributed by atoms with van der Waals surface area (Å²) in [6, 6.07) is 3.88. The molecule has 112 valence electrons. The molecular formula is C14H18N4O2S. The number of thiophene rings is 1. The number of rotatable bonds is 5. The predicted octanol–water partition coefficient (Wildman–Crippen LogP) is 0.994. The van der Waals surface area contributed by atoms with E-state index in [1.807, 2.05) is 36.7 Å². The molecule has 2 N–H and O–H groups in total. The highest BCUT2D eigenvalue weighted by molar-refractivity contribution is 7.07. The Morgan fingerprint density at radius 1 is 1.29 bits per heavy atom. The maximum absolute atomic E-state index is 11.6. The van der Waals surface area contributed by atoms with E-state index >= 15 is 0 Å². The van der Waals surface area contributed by atoms with Gasteiger partial charge >= 0.3 is 11.8 Å². The quantitative estimate of drug-likeness (QED) is 0.809. The molecule has 0 atom stereocenters. The lowest BCUT2D eigenvalue weighted by molar-refractivity contribution is -0.139. The largest absolute Gasteiger partial charge is 0.346 e. The van der Waals surface area contributed by atoms with Gasteiger partial charge < -0.3 is 10.6 Å². The Balaban J connectivity index is 1.71. The van der Waals surface area contributed by atoms with Crippen LogP contribution in [0.25, 0.3) is 0 Å². The number of hydrogen-bond donors (Lipinski definition) is 2. The first-order valence-corrected chi connectivity index (χ1v) is 7.58. The molecule has 6 nitrogen and oxygen atoms in total. The molecule has 0 radical (unpaired) electrons. The normalized spacial score (nSPS) is 10.4. The van der Waals surface area contributed by atoms with E-state index in [1.54, 1.807) is 16.0 Å². The van der Waals surface area contributed by atoms with Gasteiger partial charge in [-0.15, -0.1) is 0 Å². The fourth-order valence-corrected chi connectivity index (χ4v) is 2.58. The Morgan fingerprint density at radius 2 is 2.05 bits per heavy atom. The Kier molecular flexibility index (Phi) is 5.10. The molecule has 2 aromatic rings. The van der Waals surface area contributed by atoms with Gasteiger partial charge in [0.2, 0.25) is 0 Å². The van der Waals surface area contributed by atoms with Crippen molar-refractivity contribution < 1.29 is 9.59 Å². The molecule has 0 aliphatic heterocycles. The zero-order valence-corrected chi connectivity index (χ0v) is 12.9. The number of nitrogens with one attached hydrogen (secondary N) is 2. The van der Waals surface area contributed by atoms with Gasteiger partial charge in [-0.1, -0.05) is 0 Å². The molecule has 0 aliphatic carbocycles. The van der Waals surface area contributed by atoms with Gasteiger partial charge in [-0.2, -0.15) is 16.4 Å². The van der Waals surface area contributed by atoms with Crippen molar-refractivity contribution in [2.45, 2.75) is 26.9 Å². The van der Waals surface area contributed by atoms with Gasteiger partial charge in [-0.3, -0.25) is 14.3 Å². The second-order valence-corrected chi connectivity index (χ2v) is 5.50. The van der Waals surface area contributed by atoms with Crippen molar-refractivity contribution in [2.24, 2.45) is 0 Å². The average molecular weight is 306 g/mol. The Morgan fingerprint density at radius 3 is 2.67 bits per heavy atom. The summed E-state index contributed by atoms with van der Waals surface area (Å²) in [5.74, 6) is -1.23. The van der Waals surface area contributed by atoms with Gasteiger partial charge in [0.25, 0.3) is 0 Å². The van der Waals surface area contributed by atoms with E-state index in [0.29, 0.717) is 19.6 Å². The van der Waals surface area contributed by atoms with Gasteiger partial charge in [0.1, 0.15) is 0 Å². The smallest absolute Gasteiger partial charge is 0.309 e. The highest BCUT2D eigenvalue weighted by Gasteiger charge is 2.12. The predicted molar refractivity (Wildman–Crippen MR) is 80.9 cm³/mol. The molecule has 7 heteroatoms. The third-order valence-corrected chi connectivity index (χ3v) is 3.68. The molecule has 0 unspecified atom stereocenters. The van der Waals surface area contributed by atoms with E-state index in [4.69, 9.17) is 0 Å². The molecule has 0 bridgehead atoms.